The van der Waals surface area contributed by atoms with Gasteiger partial charge in [0.05, 0.1) is 18.1 Å². The Balaban J connectivity index is 2.34. The lowest BCUT2D eigenvalue weighted by Crippen LogP contribution is -2.44. The summed E-state index contributed by atoms with van der Waals surface area (Å²) >= 11 is 5.94. The molecule has 5 nitrogen and oxygen atoms in total. The second kappa shape index (κ2) is 7.88. The third-order valence-electron chi connectivity index (χ3n) is 2.87. The van der Waals surface area contributed by atoms with Crippen LogP contribution in [0, 0.1) is 0 Å². The van der Waals surface area contributed by atoms with Crippen LogP contribution in [0.25, 0.3) is 0 Å². The van der Waals surface area contributed by atoms with Gasteiger partial charge >= 0.3 is 5.97 Å². The molecule has 1 aromatic rings. The third-order valence-corrected chi connectivity index (χ3v) is 3.18. The van der Waals surface area contributed by atoms with Gasteiger partial charge in [0, 0.05) is 12.0 Å². The Morgan fingerprint density at radius 1 is 1.29 bits per heavy atom. The largest absolute Gasteiger partial charge is 0.491 e. The average molecular weight is 314 g/mol. The number of ether oxygens (including phenoxy) is 1. The van der Waals surface area contributed by atoms with E-state index in [-0.39, 0.29) is 25.4 Å². The first kappa shape index (κ1) is 17.3. The molecule has 116 valence electrons. The van der Waals surface area contributed by atoms with Crippen molar-refractivity contribution in [3.05, 3.63) is 29.3 Å². The quantitative estimate of drug-likeness (QED) is 0.774. The number of para-hydroxylation sites is 1. The molecule has 1 amide bonds. The van der Waals surface area contributed by atoms with E-state index in [9.17, 15) is 9.59 Å². The fourth-order valence-electron chi connectivity index (χ4n) is 1.74. The molecule has 2 N–H and O–H groups in total. The minimum absolute atomic E-state index is 0.0173. The van der Waals surface area contributed by atoms with Crippen molar-refractivity contribution in [3.8, 4) is 5.75 Å². The molecule has 0 saturated heterocycles. The van der Waals surface area contributed by atoms with Crippen LogP contribution in [0.15, 0.2) is 24.3 Å². The zero-order valence-electron chi connectivity index (χ0n) is 12.2. The van der Waals surface area contributed by atoms with E-state index >= 15 is 0 Å². The van der Waals surface area contributed by atoms with Crippen molar-refractivity contribution in [2.45, 2.75) is 38.6 Å². The molecule has 0 aromatic heterocycles. The molecule has 0 saturated carbocycles. The van der Waals surface area contributed by atoms with E-state index in [1.54, 1.807) is 38.1 Å². The number of amides is 1. The molecule has 0 aliphatic rings. The van der Waals surface area contributed by atoms with Crippen LogP contribution in [0.1, 0.15) is 33.1 Å². The number of benzene rings is 1. The monoisotopic (exact) mass is 313 g/mol. The summed E-state index contributed by atoms with van der Waals surface area (Å²) in [5.74, 6) is -0.520. The van der Waals surface area contributed by atoms with Crippen LogP contribution in [-0.2, 0) is 9.59 Å². The molecule has 0 radical (unpaired) electrons. The fourth-order valence-corrected chi connectivity index (χ4v) is 1.93. The summed E-state index contributed by atoms with van der Waals surface area (Å²) in [7, 11) is 0. The fraction of sp³-hybridized carbons (Fsp3) is 0.467. The van der Waals surface area contributed by atoms with Gasteiger partial charge in [0.25, 0.3) is 0 Å². The second-order valence-corrected chi connectivity index (χ2v) is 5.76. The second-order valence-electron chi connectivity index (χ2n) is 5.35. The predicted molar refractivity (Wildman–Crippen MR) is 80.7 cm³/mol. The Labute approximate surface area is 129 Å². The minimum atomic E-state index is -0.876. The smallest absolute Gasteiger partial charge is 0.303 e. The first-order chi connectivity index (χ1) is 9.80. The van der Waals surface area contributed by atoms with Crippen molar-refractivity contribution in [1.82, 2.24) is 5.32 Å². The van der Waals surface area contributed by atoms with E-state index in [0.717, 1.165) is 0 Å². The molecule has 0 atom stereocenters. The number of carbonyl (C=O) groups excluding carboxylic acids is 1. The van der Waals surface area contributed by atoms with E-state index in [0.29, 0.717) is 17.2 Å². The van der Waals surface area contributed by atoms with Crippen molar-refractivity contribution >= 4 is 23.5 Å². The molecule has 0 unspecified atom stereocenters. The number of halogens is 1. The van der Waals surface area contributed by atoms with Crippen LogP contribution in [-0.4, -0.2) is 29.1 Å². The van der Waals surface area contributed by atoms with Gasteiger partial charge in [-0.1, -0.05) is 23.7 Å². The van der Waals surface area contributed by atoms with Crippen LogP contribution in [0.2, 0.25) is 5.02 Å². The molecule has 1 aromatic carbocycles. The van der Waals surface area contributed by atoms with Crippen LogP contribution in [0.3, 0.4) is 0 Å². The van der Waals surface area contributed by atoms with Gasteiger partial charge in [-0.25, -0.2) is 0 Å². The molecule has 6 heteroatoms. The maximum atomic E-state index is 11.8. The number of carboxylic acids is 1. The van der Waals surface area contributed by atoms with Gasteiger partial charge in [-0.3, -0.25) is 9.59 Å². The number of aliphatic carboxylic acids is 1. The van der Waals surface area contributed by atoms with Crippen molar-refractivity contribution < 1.29 is 19.4 Å². The SMILES string of the molecule is CC(C)(CCC(=O)O)NC(=O)CCOc1ccccc1Cl. The first-order valence-electron chi connectivity index (χ1n) is 6.70. The van der Waals surface area contributed by atoms with Gasteiger partial charge in [0.15, 0.2) is 0 Å². The number of carboxylic acid groups (broad SMARTS) is 1. The summed E-state index contributed by atoms with van der Waals surface area (Å²) < 4.78 is 5.43. The number of hydrogen-bond donors (Lipinski definition) is 2. The molecule has 0 aliphatic carbocycles. The Bertz CT molecular complexity index is 502. The highest BCUT2D eigenvalue weighted by molar-refractivity contribution is 6.32. The molecule has 0 bridgehead atoms. The Morgan fingerprint density at radius 3 is 2.57 bits per heavy atom. The van der Waals surface area contributed by atoms with Crippen LogP contribution in [0.5, 0.6) is 5.75 Å². The van der Waals surface area contributed by atoms with Gasteiger partial charge in [-0.2, -0.15) is 0 Å². The average Bonchev–Trinajstić information content (AvgIpc) is 2.38. The summed E-state index contributed by atoms with van der Waals surface area (Å²) in [6.07, 6.45) is 0.574. The molecule has 0 spiro atoms. The topological polar surface area (TPSA) is 75.6 Å². The number of carbonyl (C=O) groups is 2. The molecule has 0 aliphatic heterocycles. The van der Waals surface area contributed by atoms with Crippen LogP contribution >= 0.6 is 11.6 Å². The number of rotatable bonds is 8. The zero-order chi connectivity index (χ0) is 15.9. The van der Waals surface area contributed by atoms with Gasteiger partial charge < -0.3 is 15.2 Å². The van der Waals surface area contributed by atoms with E-state index < -0.39 is 11.5 Å². The van der Waals surface area contributed by atoms with E-state index in [1.807, 2.05) is 0 Å². The lowest BCUT2D eigenvalue weighted by atomic mass is 9.98. The van der Waals surface area contributed by atoms with E-state index in [4.69, 9.17) is 21.4 Å². The van der Waals surface area contributed by atoms with Crippen molar-refractivity contribution in [2.75, 3.05) is 6.61 Å². The van der Waals surface area contributed by atoms with Crippen molar-refractivity contribution in [1.29, 1.82) is 0 Å². The summed E-state index contributed by atoms with van der Waals surface area (Å²) in [4.78, 5) is 22.4. The highest BCUT2D eigenvalue weighted by atomic mass is 35.5. The maximum absolute atomic E-state index is 11.8. The summed E-state index contributed by atoms with van der Waals surface area (Å²) in [6.45, 7) is 3.80. The molecule has 0 fully saturated rings. The molecular formula is C15H20ClNO4. The lowest BCUT2D eigenvalue weighted by molar-refractivity contribution is -0.137. The molecule has 0 heterocycles. The predicted octanol–water partition coefficient (Wildman–Crippen LogP) is 2.87. The maximum Gasteiger partial charge on any atom is 0.303 e. The van der Waals surface area contributed by atoms with Crippen molar-refractivity contribution in [2.24, 2.45) is 0 Å². The number of nitrogens with one attached hydrogen (secondary N) is 1. The van der Waals surface area contributed by atoms with Gasteiger partial charge in [-0.05, 0) is 32.4 Å². The summed E-state index contributed by atoms with van der Waals surface area (Å²) in [5.41, 5.74) is -0.556. The Kier molecular flexibility index (Phi) is 6.49. The Morgan fingerprint density at radius 2 is 1.95 bits per heavy atom. The highest BCUT2D eigenvalue weighted by Crippen LogP contribution is 2.23. The number of hydrogen-bond acceptors (Lipinski definition) is 3. The normalized spacial score (nSPS) is 11.0. The molecule has 1 rings (SSSR count). The zero-order valence-corrected chi connectivity index (χ0v) is 12.9. The Hall–Kier alpha value is -1.75. The lowest BCUT2D eigenvalue weighted by Gasteiger charge is -2.25. The molecular weight excluding hydrogens is 294 g/mol. The van der Waals surface area contributed by atoms with Crippen molar-refractivity contribution in [3.63, 3.8) is 0 Å². The molecule has 21 heavy (non-hydrogen) atoms. The highest BCUT2D eigenvalue weighted by Gasteiger charge is 2.21. The summed E-state index contributed by atoms with van der Waals surface area (Å²) in [6, 6.07) is 7.05. The standard InChI is InChI=1S/C15H20ClNO4/c1-15(2,9-7-14(19)20)17-13(18)8-10-21-12-6-4-3-5-11(12)16/h3-6H,7-10H2,1-2H3,(H,17,18)(H,19,20). The van der Waals surface area contributed by atoms with Crippen LogP contribution < -0.4 is 10.1 Å². The van der Waals surface area contributed by atoms with E-state index in [1.165, 1.54) is 0 Å². The minimum Gasteiger partial charge on any atom is -0.491 e. The summed E-state index contributed by atoms with van der Waals surface area (Å²) in [5, 5.41) is 12.0. The van der Waals surface area contributed by atoms with Gasteiger partial charge in [0.1, 0.15) is 5.75 Å². The first-order valence-corrected chi connectivity index (χ1v) is 7.08. The third kappa shape index (κ3) is 6.99. The van der Waals surface area contributed by atoms with Crippen LogP contribution in [0.4, 0.5) is 0 Å². The van der Waals surface area contributed by atoms with E-state index in [2.05, 4.69) is 5.32 Å². The van der Waals surface area contributed by atoms with Gasteiger partial charge in [-0.15, -0.1) is 0 Å². The van der Waals surface area contributed by atoms with Gasteiger partial charge in [0.2, 0.25) is 5.91 Å².